The van der Waals surface area contributed by atoms with E-state index in [4.69, 9.17) is 18.6 Å². The molecule has 0 N–H and O–H groups in total. The van der Waals surface area contributed by atoms with Crippen molar-refractivity contribution in [2.75, 3.05) is 21.3 Å². The Bertz CT molecular complexity index is 1910. The molecule has 0 aliphatic carbocycles. The molecule has 0 spiro atoms. The van der Waals surface area contributed by atoms with Crippen molar-refractivity contribution in [3.05, 3.63) is 89.4 Å². The van der Waals surface area contributed by atoms with Crippen LogP contribution in [-0.2, 0) is 27.8 Å². The van der Waals surface area contributed by atoms with Crippen LogP contribution in [0.15, 0.2) is 76.2 Å². The van der Waals surface area contributed by atoms with Crippen LogP contribution in [0.1, 0.15) is 32.0 Å². The molecule has 0 unspecified atom stereocenters. The molecule has 10 nitrogen and oxygen atoms in total. The number of methoxy groups -OCH3 is 3. The molecule has 3 heterocycles. The lowest BCUT2D eigenvalue weighted by Gasteiger charge is -2.13. The lowest BCUT2D eigenvalue weighted by molar-refractivity contribution is 0.0602. The number of hydrogen-bond acceptors (Lipinski definition) is 8. The van der Waals surface area contributed by atoms with Crippen LogP contribution in [0.4, 0.5) is 0 Å². The van der Waals surface area contributed by atoms with E-state index in [0.29, 0.717) is 39.2 Å². The molecular weight excluding hydrogens is 536 g/mol. The molecule has 0 saturated carbocycles. The number of aromatic nitrogens is 1. The maximum absolute atomic E-state index is 14.2. The van der Waals surface area contributed by atoms with Gasteiger partial charge in [-0.1, -0.05) is 0 Å². The van der Waals surface area contributed by atoms with E-state index in [0.717, 1.165) is 3.97 Å². The highest BCUT2D eigenvalue weighted by Crippen LogP contribution is 2.42. The van der Waals surface area contributed by atoms with Gasteiger partial charge in [-0.05, 0) is 66.2 Å². The summed E-state index contributed by atoms with van der Waals surface area (Å²) < 4.78 is 50.7. The highest BCUT2D eigenvalue weighted by atomic mass is 32.2. The molecule has 0 atom stereocenters. The van der Waals surface area contributed by atoms with E-state index < -0.39 is 16.0 Å². The van der Waals surface area contributed by atoms with Crippen LogP contribution in [0.2, 0.25) is 0 Å². The lowest BCUT2D eigenvalue weighted by Crippen LogP contribution is -2.23. The summed E-state index contributed by atoms with van der Waals surface area (Å²) in [6.45, 7) is 0.415. The highest BCUT2D eigenvalue weighted by molar-refractivity contribution is 7.90. The zero-order valence-corrected chi connectivity index (χ0v) is 22.7. The number of carbonyl (C=O) groups excluding carboxylic acids is 2. The van der Waals surface area contributed by atoms with Gasteiger partial charge in [0.25, 0.3) is 15.9 Å². The van der Waals surface area contributed by atoms with Crippen molar-refractivity contribution in [1.82, 2.24) is 8.87 Å². The predicted octanol–water partition coefficient (Wildman–Crippen LogP) is 4.58. The standard InChI is InChI=1S/C29H24N2O8S/c1-36-18-6-9-21(10-7-18)40(34,35)31-24-11-8-19(37-2)14-22(24)26-25-17(13-23(27(26)31)29(33)38-3)15-30(28(25)32)16-20-5-4-12-39-20/h4-14H,15-16H2,1-3H3. The molecule has 6 rings (SSSR count). The molecule has 204 valence electrons. The first kappa shape index (κ1) is 25.5. The van der Waals surface area contributed by atoms with Crippen molar-refractivity contribution in [1.29, 1.82) is 0 Å². The normalized spacial score (nSPS) is 13.2. The van der Waals surface area contributed by atoms with Gasteiger partial charge in [0.15, 0.2) is 0 Å². The molecule has 2 aromatic heterocycles. The Morgan fingerprint density at radius 2 is 1.70 bits per heavy atom. The maximum atomic E-state index is 14.2. The quantitative estimate of drug-likeness (QED) is 0.266. The molecular formula is C29H24N2O8S. The van der Waals surface area contributed by atoms with Gasteiger partial charge in [-0.2, -0.15) is 0 Å². The van der Waals surface area contributed by atoms with Gasteiger partial charge in [0, 0.05) is 17.3 Å². The zero-order valence-electron chi connectivity index (χ0n) is 21.8. The van der Waals surface area contributed by atoms with Gasteiger partial charge in [-0.25, -0.2) is 17.2 Å². The van der Waals surface area contributed by atoms with Crippen LogP contribution in [0.3, 0.4) is 0 Å². The van der Waals surface area contributed by atoms with Crippen molar-refractivity contribution in [2.24, 2.45) is 0 Å². The number of hydrogen-bond donors (Lipinski definition) is 0. The minimum absolute atomic E-state index is 0.0231. The van der Waals surface area contributed by atoms with Crippen LogP contribution in [0, 0.1) is 0 Å². The largest absolute Gasteiger partial charge is 0.497 e. The second-order valence-corrected chi connectivity index (χ2v) is 11.0. The molecule has 0 saturated heterocycles. The van der Waals surface area contributed by atoms with Crippen LogP contribution in [0.5, 0.6) is 11.5 Å². The second-order valence-electron chi connectivity index (χ2n) is 9.24. The van der Waals surface area contributed by atoms with E-state index in [1.54, 1.807) is 53.4 Å². The number of rotatable bonds is 7. The summed E-state index contributed by atoms with van der Waals surface area (Å²) in [6, 6.07) is 15.9. The summed E-state index contributed by atoms with van der Waals surface area (Å²) in [5, 5.41) is 0.775. The number of benzene rings is 3. The van der Waals surface area contributed by atoms with E-state index >= 15 is 0 Å². The third-order valence-corrected chi connectivity index (χ3v) is 8.80. The third-order valence-electron chi connectivity index (χ3n) is 7.07. The van der Waals surface area contributed by atoms with Crippen LogP contribution >= 0.6 is 0 Å². The molecule has 1 amide bonds. The number of fused-ring (bicyclic) bond motifs is 5. The molecule has 0 fully saturated rings. The Labute approximate surface area is 229 Å². The van der Waals surface area contributed by atoms with Crippen LogP contribution < -0.4 is 9.47 Å². The Morgan fingerprint density at radius 1 is 0.975 bits per heavy atom. The summed E-state index contributed by atoms with van der Waals surface area (Å²) >= 11 is 0. The van der Waals surface area contributed by atoms with Gasteiger partial charge >= 0.3 is 5.97 Å². The van der Waals surface area contributed by atoms with Gasteiger partial charge in [-0.15, -0.1) is 0 Å². The van der Waals surface area contributed by atoms with Gasteiger partial charge < -0.3 is 23.5 Å². The average molecular weight is 561 g/mol. The van der Waals surface area contributed by atoms with Gasteiger partial charge in [-0.3, -0.25) is 4.79 Å². The molecule has 0 bridgehead atoms. The first-order chi connectivity index (χ1) is 19.3. The fourth-order valence-corrected chi connectivity index (χ4v) is 6.77. The summed E-state index contributed by atoms with van der Waals surface area (Å²) in [7, 11) is -0.0681. The van der Waals surface area contributed by atoms with Crippen LogP contribution in [-0.4, -0.2) is 50.5 Å². The first-order valence-electron chi connectivity index (χ1n) is 12.3. The minimum atomic E-state index is -4.27. The third kappa shape index (κ3) is 3.81. The number of furan rings is 1. The summed E-state index contributed by atoms with van der Waals surface area (Å²) in [5.41, 5.74) is 1.25. The number of carbonyl (C=O) groups is 2. The minimum Gasteiger partial charge on any atom is -0.497 e. The van der Waals surface area contributed by atoms with Gasteiger partial charge in [0.05, 0.1) is 61.2 Å². The summed E-state index contributed by atoms with van der Waals surface area (Å²) in [5.74, 6) is 0.503. The Hall–Kier alpha value is -4.77. The molecule has 5 aromatic rings. The molecule has 3 aromatic carbocycles. The number of esters is 1. The number of ether oxygens (including phenoxy) is 3. The van der Waals surface area contributed by atoms with Crippen molar-refractivity contribution >= 4 is 43.7 Å². The van der Waals surface area contributed by atoms with Crippen LogP contribution in [0.25, 0.3) is 21.8 Å². The molecule has 1 aliphatic heterocycles. The molecule has 11 heteroatoms. The van der Waals surface area contributed by atoms with Gasteiger partial charge in [0.1, 0.15) is 17.3 Å². The second kappa shape index (κ2) is 9.45. The molecule has 40 heavy (non-hydrogen) atoms. The monoisotopic (exact) mass is 560 g/mol. The van der Waals surface area contributed by atoms with E-state index in [1.165, 1.54) is 39.7 Å². The number of nitrogens with zero attached hydrogens (tertiary/aromatic N) is 2. The predicted molar refractivity (Wildman–Crippen MR) is 145 cm³/mol. The topological polar surface area (TPSA) is 117 Å². The molecule has 1 aliphatic rings. The Kier molecular flexibility index (Phi) is 6.03. The maximum Gasteiger partial charge on any atom is 0.340 e. The van der Waals surface area contributed by atoms with E-state index in [2.05, 4.69) is 0 Å². The van der Waals surface area contributed by atoms with Crippen molar-refractivity contribution in [3.8, 4) is 11.5 Å². The van der Waals surface area contributed by atoms with Crippen molar-refractivity contribution in [3.63, 3.8) is 0 Å². The SMILES string of the molecule is COC(=O)c1cc2c(c3c4cc(OC)ccc4n(S(=O)(=O)c4ccc(OC)cc4)c13)C(=O)N(Cc1ccco1)C2. The smallest absolute Gasteiger partial charge is 0.340 e. The Balaban J connectivity index is 1.70. The van der Waals surface area contributed by atoms with E-state index in [9.17, 15) is 18.0 Å². The fourth-order valence-electron chi connectivity index (χ4n) is 5.23. The first-order valence-corrected chi connectivity index (χ1v) is 13.7. The molecule has 0 radical (unpaired) electrons. The van der Waals surface area contributed by atoms with Crippen molar-refractivity contribution < 1.29 is 36.6 Å². The summed E-state index contributed by atoms with van der Waals surface area (Å²) in [4.78, 5) is 28.6. The lowest BCUT2D eigenvalue weighted by atomic mass is 9.98. The van der Waals surface area contributed by atoms with E-state index in [1.807, 2.05) is 0 Å². The summed E-state index contributed by atoms with van der Waals surface area (Å²) in [6.07, 6.45) is 1.53. The zero-order chi connectivity index (χ0) is 28.2. The van der Waals surface area contributed by atoms with Gasteiger partial charge in [0.2, 0.25) is 0 Å². The highest BCUT2D eigenvalue weighted by Gasteiger charge is 2.37. The Morgan fingerprint density at radius 3 is 2.35 bits per heavy atom. The fraction of sp³-hybridized carbons (Fsp3) is 0.172. The van der Waals surface area contributed by atoms with Crippen molar-refractivity contribution in [2.45, 2.75) is 18.0 Å². The average Bonchev–Trinajstić information content (AvgIpc) is 3.68. The van der Waals surface area contributed by atoms with E-state index in [-0.39, 0.29) is 40.5 Å². The number of amides is 1.